The van der Waals surface area contributed by atoms with Gasteiger partial charge in [-0.2, -0.15) is 0 Å². The van der Waals surface area contributed by atoms with Gasteiger partial charge in [-0.25, -0.2) is 0 Å². The maximum absolute atomic E-state index is 5.62. The van der Waals surface area contributed by atoms with Gasteiger partial charge >= 0.3 is 0 Å². The standard InChI is InChI=1S/C11H13BrO2/c1-8-9(4-3-5-10(8)12)11(2)13-6-7-14-11/h3-5H,6-7H2,1-2H3. The van der Waals surface area contributed by atoms with E-state index in [1.807, 2.05) is 25.1 Å². The van der Waals surface area contributed by atoms with Gasteiger partial charge in [0.15, 0.2) is 5.79 Å². The lowest BCUT2D eigenvalue weighted by molar-refractivity contribution is -0.150. The fourth-order valence-corrected chi connectivity index (χ4v) is 2.14. The van der Waals surface area contributed by atoms with Gasteiger partial charge in [-0.15, -0.1) is 0 Å². The van der Waals surface area contributed by atoms with Crippen LogP contribution >= 0.6 is 15.9 Å². The summed E-state index contributed by atoms with van der Waals surface area (Å²) in [5.41, 5.74) is 2.28. The Kier molecular flexibility index (Phi) is 2.64. The summed E-state index contributed by atoms with van der Waals surface area (Å²) in [7, 11) is 0. The molecule has 0 aromatic heterocycles. The number of ether oxygens (including phenoxy) is 2. The number of benzene rings is 1. The molecule has 0 N–H and O–H groups in total. The molecule has 1 aliphatic heterocycles. The van der Waals surface area contributed by atoms with Crippen LogP contribution in [0.5, 0.6) is 0 Å². The monoisotopic (exact) mass is 256 g/mol. The Morgan fingerprint density at radius 2 is 1.93 bits per heavy atom. The highest BCUT2D eigenvalue weighted by atomic mass is 79.9. The predicted octanol–water partition coefficient (Wildman–Crippen LogP) is 2.98. The lowest BCUT2D eigenvalue weighted by atomic mass is 10.0. The molecule has 1 aromatic carbocycles. The van der Waals surface area contributed by atoms with Crippen molar-refractivity contribution < 1.29 is 9.47 Å². The van der Waals surface area contributed by atoms with Gasteiger partial charge in [0.05, 0.1) is 13.2 Å². The first-order chi connectivity index (χ1) is 6.63. The summed E-state index contributed by atoms with van der Waals surface area (Å²) < 4.78 is 12.3. The molecule has 0 atom stereocenters. The molecule has 1 aromatic rings. The number of halogens is 1. The summed E-state index contributed by atoms with van der Waals surface area (Å²) in [5.74, 6) is -0.562. The summed E-state index contributed by atoms with van der Waals surface area (Å²) in [4.78, 5) is 0. The van der Waals surface area contributed by atoms with Gasteiger partial charge in [-0.3, -0.25) is 0 Å². The van der Waals surface area contributed by atoms with Crippen LogP contribution in [0.3, 0.4) is 0 Å². The third-order valence-corrected chi connectivity index (χ3v) is 3.45. The normalized spacial score (nSPS) is 19.9. The smallest absolute Gasteiger partial charge is 0.192 e. The summed E-state index contributed by atoms with van der Waals surface area (Å²) in [6.07, 6.45) is 0. The van der Waals surface area contributed by atoms with Crippen LogP contribution in [-0.4, -0.2) is 13.2 Å². The maximum atomic E-state index is 5.62. The lowest BCUT2D eigenvalue weighted by Crippen LogP contribution is -2.23. The minimum atomic E-state index is -0.562. The highest BCUT2D eigenvalue weighted by Gasteiger charge is 2.34. The molecule has 1 fully saturated rings. The Hall–Kier alpha value is -0.380. The molecule has 1 saturated heterocycles. The molecule has 14 heavy (non-hydrogen) atoms. The van der Waals surface area contributed by atoms with E-state index in [0.29, 0.717) is 13.2 Å². The predicted molar refractivity (Wildman–Crippen MR) is 58.1 cm³/mol. The minimum Gasteiger partial charge on any atom is -0.344 e. The Balaban J connectivity index is 2.45. The molecule has 0 unspecified atom stereocenters. The molecular weight excluding hydrogens is 244 g/mol. The van der Waals surface area contributed by atoms with Crippen molar-refractivity contribution in [2.75, 3.05) is 13.2 Å². The Morgan fingerprint density at radius 3 is 2.57 bits per heavy atom. The van der Waals surface area contributed by atoms with Crippen molar-refractivity contribution in [2.45, 2.75) is 19.6 Å². The van der Waals surface area contributed by atoms with Crippen molar-refractivity contribution in [3.8, 4) is 0 Å². The molecule has 1 heterocycles. The molecule has 0 spiro atoms. The third kappa shape index (κ3) is 1.60. The van der Waals surface area contributed by atoms with Crippen molar-refractivity contribution in [2.24, 2.45) is 0 Å². The van der Waals surface area contributed by atoms with Crippen molar-refractivity contribution in [1.29, 1.82) is 0 Å². The Labute approximate surface area is 92.3 Å². The Morgan fingerprint density at radius 1 is 1.29 bits per heavy atom. The Bertz CT molecular complexity index is 343. The molecule has 2 rings (SSSR count). The molecule has 1 aliphatic rings. The van der Waals surface area contributed by atoms with Crippen LogP contribution in [0.15, 0.2) is 22.7 Å². The first-order valence-corrected chi connectivity index (χ1v) is 5.46. The fraction of sp³-hybridized carbons (Fsp3) is 0.455. The molecule has 0 saturated carbocycles. The summed E-state index contributed by atoms with van der Waals surface area (Å²) in [5, 5.41) is 0. The highest BCUT2D eigenvalue weighted by Crippen LogP contribution is 2.35. The van der Waals surface area contributed by atoms with Gasteiger partial charge in [-0.05, 0) is 25.5 Å². The van der Waals surface area contributed by atoms with Crippen LogP contribution in [0.25, 0.3) is 0 Å². The summed E-state index contributed by atoms with van der Waals surface area (Å²) >= 11 is 3.51. The quantitative estimate of drug-likeness (QED) is 0.770. The van der Waals surface area contributed by atoms with Crippen LogP contribution in [0.2, 0.25) is 0 Å². The van der Waals surface area contributed by atoms with E-state index in [-0.39, 0.29) is 0 Å². The van der Waals surface area contributed by atoms with E-state index in [4.69, 9.17) is 9.47 Å². The van der Waals surface area contributed by atoms with E-state index in [1.165, 1.54) is 5.56 Å². The SMILES string of the molecule is Cc1c(Br)cccc1C1(C)OCCO1. The second-order valence-corrected chi connectivity index (χ2v) is 4.41. The number of rotatable bonds is 1. The molecule has 0 bridgehead atoms. The average Bonchev–Trinajstić information content (AvgIpc) is 2.58. The molecule has 0 radical (unpaired) electrons. The molecule has 3 heteroatoms. The second-order valence-electron chi connectivity index (χ2n) is 3.56. The van der Waals surface area contributed by atoms with Crippen LogP contribution in [0.1, 0.15) is 18.1 Å². The summed E-state index contributed by atoms with van der Waals surface area (Å²) in [6.45, 7) is 5.37. The third-order valence-electron chi connectivity index (χ3n) is 2.60. The van der Waals surface area contributed by atoms with Crippen LogP contribution < -0.4 is 0 Å². The van der Waals surface area contributed by atoms with E-state index < -0.39 is 5.79 Å². The number of hydrogen-bond acceptors (Lipinski definition) is 2. The van der Waals surface area contributed by atoms with Crippen LogP contribution in [-0.2, 0) is 15.3 Å². The second kappa shape index (κ2) is 3.65. The fourth-order valence-electron chi connectivity index (χ4n) is 1.77. The number of hydrogen-bond donors (Lipinski definition) is 0. The van der Waals surface area contributed by atoms with E-state index >= 15 is 0 Å². The average molecular weight is 257 g/mol. The lowest BCUT2D eigenvalue weighted by Gasteiger charge is -2.25. The molecule has 2 nitrogen and oxygen atoms in total. The van der Waals surface area contributed by atoms with Gasteiger partial charge in [0, 0.05) is 10.0 Å². The van der Waals surface area contributed by atoms with Crippen LogP contribution in [0, 0.1) is 6.92 Å². The van der Waals surface area contributed by atoms with Gasteiger partial charge in [0.2, 0.25) is 0 Å². The van der Waals surface area contributed by atoms with Crippen molar-refractivity contribution in [3.05, 3.63) is 33.8 Å². The largest absolute Gasteiger partial charge is 0.344 e. The van der Waals surface area contributed by atoms with E-state index in [0.717, 1.165) is 10.0 Å². The maximum Gasteiger partial charge on any atom is 0.192 e. The van der Waals surface area contributed by atoms with Crippen LogP contribution in [0.4, 0.5) is 0 Å². The van der Waals surface area contributed by atoms with Crippen molar-refractivity contribution in [1.82, 2.24) is 0 Å². The molecule has 76 valence electrons. The van der Waals surface area contributed by atoms with E-state index in [2.05, 4.69) is 22.9 Å². The van der Waals surface area contributed by atoms with Crippen molar-refractivity contribution in [3.63, 3.8) is 0 Å². The summed E-state index contributed by atoms with van der Waals surface area (Å²) in [6, 6.07) is 6.07. The zero-order chi connectivity index (χ0) is 10.2. The van der Waals surface area contributed by atoms with Crippen molar-refractivity contribution >= 4 is 15.9 Å². The van der Waals surface area contributed by atoms with Gasteiger partial charge < -0.3 is 9.47 Å². The van der Waals surface area contributed by atoms with Gasteiger partial charge in [-0.1, -0.05) is 28.1 Å². The van der Waals surface area contributed by atoms with E-state index in [9.17, 15) is 0 Å². The topological polar surface area (TPSA) is 18.5 Å². The highest BCUT2D eigenvalue weighted by molar-refractivity contribution is 9.10. The van der Waals surface area contributed by atoms with E-state index in [1.54, 1.807) is 0 Å². The zero-order valence-corrected chi connectivity index (χ0v) is 9.93. The first-order valence-electron chi connectivity index (χ1n) is 4.67. The zero-order valence-electron chi connectivity index (χ0n) is 8.34. The molecule has 0 amide bonds. The van der Waals surface area contributed by atoms with Gasteiger partial charge in [0.25, 0.3) is 0 Å². The molecule has 0 aliphatic carbocycles. The first kappa shape index (κ1) is 10.1. The molecular formula is C11H13BrO2. The minimum absolute atomic E-state index is 0.562. The van der Waals surface area contributed by atoms with Gasteiger partial charge in [0.1, 0.15) is 0 Å².